The number of carbonyl (C=O) groups excluding carboxylic acids is 1. The first-order valence-electron chi connectivity index (χ1n) is 10.5. The number of fused-ring (bicyclic) bond motifs is 5. The van der Waals surface area contributed by atoms with Crippen molar-refractivity contribution in [2.24, 2.45) is 28.6 Å². The maximum Gasteiger partial charge on any atom is 0.139 e. The average molecular weight is 347 g/mol. The van der Waals surface area contributed by atoms with Gasteiger partial charge in [-0.15, -0.1) is 0 Å². The Balaban J connectivity index is 1.56. The van der Waals surface area contributed by atoms with E-state index >= 15 is 0 Å². The molecule has 5 fully saturated rings. The van der Waals surface area contributed by atoms with E-state index in [9.17, 15) is 15.0 Å². The molecule has 1 saturated heterocycles. The Morgan fingerprint density at radius 2 is 1.84 bits per heavy atom. The van der Waals surface area contributed by atoms with Gasteiger partial charge in [0.1, 0.15) is 5.78 Å². The van der Waals surface area contributed by atoms with Crippen LogP contribution in [0.2, 0.25) is 0 Å². The second kappa shape index (κ2) is 5.08. The minimum Gasteiger partial charge on any atom is -0.393 e. The predicted octanol–water partition coefficient (Wildman–Crippen LogP) is 2.37. The molecule has 140 valence electrons. The monoisotopic (exact) mass is 347 g/mol. The molecule has 4 saturated carbocycles. The molecule has 5 rings (SSSR count). The van der Waals surface area contributed by atoms with E-state index in [2.05, 4.69) is 18.7 Å². The molecule has 0 radical (unpaired) electrons. The van der Waals surface area contributed by atoms with Crippen LogP contribution in [0, 0.1) is 28.6 Å². The number of nitrogens with zero attached hydrogens (tertiary/aromatic N) is 1. The molecule has 0 aromatic carbocycles. The molecule has 2 N–H and O–H groups in total. The van der Waals surface area contributed by atoms with Crippen molar-refractivity contribution >= 4 is 5.78 Å². The van der Waals surface area contributed by atoms with Crippen molar-refractivity contribution in [3.8, 4) is 0 Å². The van der Waals surface area contributed by atoms with Crippen molar-refractivity contribution in [3.63, 3.8) is 0 Å². The van der Waals surface area contributed by atoms with Crippen LogP contribution in [0.15, 0.2) is 0 Å². The number of aliphatic hydroxyl groups excluding tert-OH is 1. The van der Waals surface area contributed by atoms with Crippen molar-refractivity contribution in [2.75, 3.05) is 13.1 Å². The quantitative estimate of drug-likeness (QED) is 0.715. The molecule has 1 heterocycles. The summed E-state index contributed by atoms with van der Waals surface area (Å²) in [7, 11) is 0. The van der Waals surface area contributed by atoms with Crippen LogP contribution >= 0.6 is 0 Å². The van der Waals surface area contributed by atoms with Crippen LogP contribution in [0.5, 0.6) is 0 Å². The summed E-state index contributed by atoms with van der Waals surface area (Å²) in [5.41, 5.74) is -0.987. The third-order valence-corrected chi connectivity index (χ3v) is 9.47. The second-order valence-corrected chi connectivity index (χ2v) is 10.3. The Labute approximate surface area is 151 Å². The average Bonchev–Trinajstić information content (AvgIpc) is 3.34. The van der Waals surface area contributed by atoms with Gasteiger partial charge in [-0.05, 0) is 56.3 Å². The number of hydrogen-bond acceptors (Lipinski definition) is 4. The summed E-state index contributed by atoms with van der Waals surface area (Å²) in [6.07, 6.45) is 6.83. The smallest absolute Gasteiger partial charge is 0.139 e. The number of hydrogen-bond donors (Lipinski definition) is 2. The first kappa shape index (κ1) is 16.7. The minimum atomic E-state index is -0.765. The van der Waals surface area contributed by atoms with Gasteiger partial charge in [0, 0.05) is 42.8 Å². The summed E-state index contributed by atoms with van der Waals surface area (Å²) < 4.78 is 0. The SMILES string of the molecule is CC12CCC3C(CC(N4CC4)C4(O)CC(O)CCC34C)C1CCC2=O. The largest absolute Gasteiger partial charge is 0.393 e. The van der Waals surface area contributed by atoms with Gasteiger partial charge in [0.25, 0.3) is 0 Å². The van der Waals surface area contributed by atoms with Crippen LogP contribution in [-0.4, -0.2) is 51.7 Å². The van der Waals surface area contributed by atoms with Gasteiger partial charge in [-0.1, -0.05) is 13.8 Å². The Hall–Kier alpha value is -0.450. The molecule has 0 bridgehead atoms. The molecule has 8 atom stereocenters. The molecule has 8 unspecified atom stereocenters. The molecule has 5 aliphatic rings. The molecular weight excluding hydrogens is 314 g/mol. The first-order valence-corrected chi connectivity index (χ1v) is 10.5. The molecule has 25 heavy (non-hydrogen) atoms. The zero-order valence-corrected chi connectivity index (χ0v) is 15.7. The van der Waals surface area contributed by atoms with E-state index in [1.807, 2.05) is 0 Å². The fourth-order valence-corrected chi connectivity index (χ4v) is 7.85. The topological polar surface area (TPSA) is 60.5 Å². The zero-order chi connectivity index (χ0) is 17.6. The summed E-state index contributed by atoms with van der Waals surface area (Å²) >= 11 is 0. The standard InChI is InChI=1S/C21H33NO3/c1-19-7-6-16-14(15(19)3-4-18(19)24)11-17(22-9-10-22)21(25)12-13(23)5-8-20(16,21)2/h13-17,23,25H,3-12H2,1-2H3. The van der Waals surface area contributed by atoms with Gasteiger partial charge in [0.15, 0.2) is 0 Å². The van der Waals surface area contributed by atoms with Crippen LogP contribution in [0.25, 0.3) is 0 Å². The van der Waals surface area contributed by atoms with Crippen LogP contribution in [0.3, 0.4) is 0 Å². The van der Waals surface area contributed by atoms with Crippen molar-refractivity contribution in [2.45, 2.75) is 83.0 Å². The number of aliphatic hydroxyl groups is 2. The Kier molecular flexibility index (Phi) is 3.39. The van der Waals surface area contributed by atoms with Crippen LogP contribution in [0.4, 0.5) is 0 Å². The normalized spacial score (nSPS) is 58.4. The number of carbonyl (C=O) groups is 1. The van der Waals surface area contributed by atoms with Crippen molar-refractivity contribution in [1.82, 2.24) is 4.90 Å². The molecule has 4 aliphatic carbocycles. The van der Waals surface area contributed by atoms with Gasteiger partial charge in [-0.3, -0.25) is 9.69 Å². The van der Waals surface area contributed by atoms with Gasteiger partial charge in [0.2, 0.25) is 0 Å². The minimum absolute atomic E-state index is 0.107. The molecule has 4 nitrogen and oxygen atoms in total. The fourth-order valence-electron chi connectivity index (χ4n) is 7.85. The number of rotatable bonds is 1. The van der Waals surface area contributed by atoms with E-state index in [1.165, 1.54) is 0 Å². The highest BCUT2D eigenvalue weighted by molar-refractivity contribution is 5.87. The molecular formula is C21H33NO3. The van der Waals surface area contributed by atoms with Gasteiger partial charge >= 0.3 is 0 Å². The maximum atomic E-state index is 12.6. The Morgan fingerprint density at radius 3 is 2.56 bits per heavy atom. The summed E-state index contributed by atoms with van der Waals surface area (Å²) in [5.74, 6) is 2.07. The summed E-state index contributed by atoms with van der Waals surface area (Å²) in [6, 6.07) is 0.173. The van der Waals surface area contributed by atoms with E-state index in [0.29, 0.717) is 30.0 Å². The molecule has 0 aromatic rings. The van der Waals surface area contributed by atoms with Crippen molar-refractivity contribution < 1.29 is 15.0 Å². The second-order valence-electron chi connectivity index (χ2n) is 10.3. The van der Waals surface area contributed by atoms with Gasteiger partial charge in [-0.2, -0.15) is 0 Å². The first-order chi connectivity index (χ1) is 11.8. The lowest BCUT2D eigenvalue weighted by Crippen LogP contribution is -2.70. The highest BCUT2D eigenvalue weighted by Gasteiger charge is 2.68. The van der Waals surface area contributed by atoms with Gasteiger partial charge in [0.05, 0.1) is 11.7 Å². The van der Waals surface area contributed by atoms with Crippen molar-refractivity contribution in [1.29, 1.82) is 0 Å². The lowest BCUT2D eigenvalue weighted by atomic mass is 9.42. The highest BCUT2D eigenvalue weighted by atomic mass is 16.3. The molecule has 0 amide bonds. The Morgan fingerprint density at radius 1 is 1.08 bits per heavy atom. The molecule has 0 aromatic heterocycles. The molecule has 0 spiro atoms. The summed E-state index contributed by atoms with van der Waals surface area (Å²) in [4.78, 5) is 15.0. The summed E-state index contributed by atoms with van der Waals surface area (Å²) in [6.45, 7) is 6.70. The van der Waals surface area contributed by atoms with Gasteiger partial charge < -0.3 is 10.2 Å². The Bertz CT molecular complexity index is 604. The number of ketones is 1. The number of Topliss-reactive ketones (excluding diaryl/α,β-unsaturated/α-hetero) is 1. The summed E-state index contributed by atoms with van der Waals surface area (Å²) in [5, 5.41) is 22.3. The van der Waals surface area contributed by atoms with Crippen molar-refractivity contribution in [3.05, 3.63) is 0 Å². The van der Waals surface area contributed by atoms with E-state index < -0.39 is 5.60 Å². The zero-order valence-electron chi connectivity index (χ0n) is 15.7. The van der Waals surface area contributed by atoms with Crippen LogP contribution < -0.4 is 0 Å². The van der Waals surface area contributed by atoms with E-state index in [1.54, 1.807) is 0 Å². The van der Waals surface area contributed by atoms with E-state index in [0.717, 1.165) is 58.0 Å². The van der Waals surface area contributed by atoms with Crippen LogP contribution in [-0.2, 0) is 4.79 Å². The van der Waals surface area contributed by atoms with Crippen LogP contribution in [0.1, 0.15) is 65.2 Å². The van der Waals surface area contributed by atoms with E-state index in [-0.39, 0.29) is 23.0 Å². The molecule has 4 heteroatoms. The molecule has 1 aliphatic heterocycles. The predicted molar refractivity (Wildman–Crippen MR) is 94.9 cm³/mol. The highest BCUT2D eigenvalue weighted by Crippen LogP contribution is 2.67. The lowest BCUT2D eigenvalue weighted by molar-refractivity contribution is -0.239. The third kappa shape index (κ3) is 2.02. The lowest BCUT2D eigenvalue weighted by Gasteiger charge is -2.66. The van der Waals surface area contributed by atoms with E-state index in [4.69, 9.17) is 0 Å². The third-order valence-electron chi connectivity index (χ3n) is 9.47. The maximum absolute atomic E-state index is 12.6. The van der Waals surface area contributed by atoms with Gasteiger partial charge in [-0.25, -0.2) is 0 Å². The fraction of sp³-hybridized carbons (Fsp3) is 0.952.